The number of phenolic OH excluding ortho intramolecular Hbond substituents is 1. The molecule has 0 heterocycles. The van der Waals surface area contributed by atoms with E-state index in [0.717, 1.165) is 22.7 Å². The van der Waals surface area contributed by atoms with Crippen LogP contribution in [0.4, 0.5) is 22.7 Å². The third kappa shape index (κ3) is 3.29. The Labute approximate surface area is 137 Å². The first kappa shape index (κ1) is 15.0. The first-order valence-electron chi connectivity index (χ1n) is 7.57. The van der Waals surface area contributed by atoms with Crippen molar-refractivity contribution in [3.63, 3.8) is 0 Å². The zero-order valence-corrected chi connectivity index (χ0v) is 13.3. The van der Waals surface area contributed by atoms with E-state index in [1.807, 2.05) is 37.4 Å². The molecule has 0 radical (unpaired) electrons. The van der Waals surface area contributed by atoms with Crippen molar-refractivity contribution in [2.24, 2.45) is 0 Å². The van der Waals surface area contributed by atoms with Crippen LogP contribution in [0.3, 0.4) is 0 Å². The summed E-state index contributed by atoms with van der Waals surface area (Å²) in [6, 6.07) is 25.9. The summed E-state index contributed by atoms with van der Waals surface area (Å²) >= 11 is 0. The number of aromatic hydroxyl groups is 1. The van der Waals surface area contributed by atoms with Crippen molar-refractivity contribution in [1.29, 1.82) is 0 Å². The molecule has 0 aromatic heterocycles. The van der Waals surface area contributed by atoms with Gasteiger partial charge in [-0.2, -0.15) is 0 Å². The van der Waals surface area contributed by atoms with Crippen molar-refractivity contribution in [2.75, 3.05) is 23.9 Å². The minimum atomic E-state index is 0.280. The van der Waals surface area contributed by atoms with Gasteiger partial charge in [-0.05, 0) is 60.7 Å². The van der Waals surface area contributed by atoms with Crippen LogP contribution in [0, 0.1) is 0 Å². The lowest BCUT2D eigenvalue weighted by Gasteiger charge is -2.23. The number of hydrogen-bond donors (Lipinski definition) is 1. The summed E-state index contributed by atoms with van der Waals surface area (Å²) in [4.78, 5) is 4.25. The van der Waals surface area contributed by atoms with E-state index in [1.165, 1.54) is 0 Å². The fourth-order valence-corrected chi connectivity index (χ4v) is 2.53. The van der Waals surface area contributed by atoms with E-state index in [-0.39, 0.29) is 5.75 Å². The van der Waals surface area contributed by atoms with Gasteiger partial charge in [0, 0.05) is 36.8 Å². The molecule has 3 aromatic carbocycles. The van der Waals surface area contributed by atoms with Crippen LogP contribution in [0.2, 0.25) is 0 Å². The molecule has 3 nitrogen and oxygen atoms in total. The van der Waals surface area contributed by atoms with Crippen LogP contribution >= 0.6 is 0 Å². The molecule has 3 aromatic rings. The fourth-order valence-electron chi connectivity index (χ4n) is 2.53. The summed E-state index contributed by atoms with van der Waals surface area (Å²) in [5.74, 6) is 0.280. The molecule has 0 aliphatic rings. The lowest BCUT2D eigenvalue weighted by molar-refractivity contribution is 0.475. The highest BCUT2D eigenvalue weighted by atomic mass is 16.3. The fraction of sp³-hybridized carbons (Fsp3) is 0.100. The maximum Gasteiger partial charge on any atom is 0.115 e. The Morgan fingerprint density at radius 2 is 0.870 bits per heavy atom. The van der Waals surface area contributed by atoms with Crippen LogP contribution in [0.25, 0.3) is 0 Å². The predicted octanol–water partition coefficient (Wildman–Crippen LogP) is 4.93. The first-order chi connectivity index (χ1) is 11.1. The molecule has 1 N–H and O–H groups in total. The molecule has 0 unspecified atom stereocenters. The van der Waals surface area contributed by atoms with Gasteiger partial charge in [0.05, 0.1) is 0 Å². The molecule has 0 aliphatic carbocycles. The third-order valence-electron chi connectivity index (χ3n) is 4.00. The maximum atomic E-state index is 9.39. The van der Waals surface area contributed by atoms with Gasteiger partial charge in [0.15, 0.2) is 0 Å². The maximum absolute atomic E-state index is 9.39. The average molecular weight is 304 g/mol. The zero-order valence-electron chi connectivity index (χ0n) is 13.3. The molecule has 0 saturated heterocycles. The first-order valence-corrected chi connectivity index (χ1v) is 7.57. The minimum Gasteiger partial charge on any atom is -0.508 e. The molecule has 3 rings (SSSR count). The number of anilines is 4. The Kier molecular flexibility index (Phi) is 4.20. The minimum absolute atomic E-state index is 0.280. The van der Waals surface area contributed by atoms with Gasteiger partial charge < -0.3 is 14.9 Å². The van der Waals surface area contributed by atoms with Gasteiger partial charge in [-0.1, -0.05) is 18.2 Å². The van der Waals surface area contributed by atoms with Crippen LogP contribution in [0.5, 0.6) is 5.75 Å². The molecule has 0 saturated carbocycles. The van der Waals surface area contributed by atoms with Crippen LogP contribution in [0.1, 0.15) is 0 Å². The standard InChI is InChI=1S/C20H20N2O/c1-21(16-6-4-3-5-7-16)17-8-10-18(11-9-17)22(2)19-12-14-20(23)15-13-19/h3-15,23H,1-2H3. The highest BCUT2D eigenvalue weighted by molar-refractivity contribution is 5.68. The van der Waals surface area contributed by atoms with E-state index in [0.29, 0.717) is 0 Å². The molecule has 0 fully saturated rings. The quantitative estimate of drug-likeness (QED) is 0.740. The SMILES string of the molecule is CN(c1ccccc1)c1ccc(N(C)c2ccc(O)cc2)cc1. The van der Waals surface area contributed by atoms with Gasteiger partial charge in [-0.25, -0.2) is 0 Å². The molecule has 0 atom stereocenters. The van der Waals surface area contributed by atoms with E-state index >= 15 is 0 Å². The van der Waals surface area contributed by atoms with E-state index in [9.17, 15) is 5.11 Å². The number of benzene rings is 3. The molecular weight excluding hydrogens is 284 g/mol. The summed E-state index contributed by atoms with van der Waals surface area (Å²) in [5.41, 5.74) is 4.43. The third-order valence-corrected chi connectivity index (χ3v) is 4.00. The summed E-state index contributed by atoms with van der Waals surface area (Å²) in [6.07, 6.45) is 0. The second-order valence-electron chi connectivity index (χ2n) is 5.49. The molecular formula is C20H20N2O. The number of phenols is 1. The van der Waals surface area contributed by atoms with Crippen LogP contribution in [-0.4, -0.2) is 19.2 Å². The molecule has 0 bridgehead atoms. The van der Waals surface area contributed by atoms with Crippen molar-refractivity contribution in [3.05, 3.63) is 78.9 Å². The van der Waals surface area contributed by atoms with Gasteiger partial charge in [0.25, 0.3) is 0 Å². The van der Waals surface area contributed by atoms with Crippen LogP contribution in [-0.2, 0) is 0 Å². The molecule has 3 heteroatoms. The summed E-state index contributed by atoms with van der Waals surface area (Å²) in [5, 5.41) is 9.39. The largest absolute Gasteiger partial charge is 0.508 e. The van der Waals surface area contributed by atoms with E-state index in [2.05, 4.69) is 53.2 Å². The van der Waals surface area contributed by atoms with E-state index in [4.69, 9.17) is 0 Å². The molecule has 0 aliphatic heterocycles. The Morgan fingerprint density at radius 1 is 0.522 bits per heavy atom. The topological polar surface area (TPSA) is 26.7 Å². The van der Waals surface area contributed by atoms with Gasteiger partial charge in [-0.3, -0.25) is 0 Å². The lowest BCUT2D eigenvalue weighted by atomic mass is 10.2. The van der Waals surface area contributed by atoms with E-state index < -0.39 is 0 Å². The van der Waals surface area contributed by atoms with Gasteiger partial charge in [0.1, 0.15) is 5.75 Å². The number of rotatable bonds is 4. The van der Waals surface area contributed by atoms with Crippen molar-refractivity contribution < 1.29 is 5.11 Å². The molecule has 116 valence electrons. The van der Waals surface area contributed by atoms with Gasteiger partial charge >= 0.3 is 0 Å². The number of nitrogens with zero attached hydrogens (tertiary/aromatic N) is 2. The number of hydrogen-bond acceptors (Lipinski definition) is 3. The Morgan fingerprint density at radius 3 is 1.30 bits per heavy atom. The summed E-state index contributed by atoms with van der Waals surface area (Å²) in [7, 11) is 4.08. The van der Waals surface area contributed by atoms with Crippen molar-refractivity contribution in [2.45, 2.75) is 0 Å². The Hall–Kier alpha value is -2.94. The second kappa shape index (κ2) is 6.44. The normalized spacial score (nSPS) is 10.3. The van der Waals surface area contributed by atoms with Gasteiger partial charge in [-0.15, -0.1) is 0 Å². The zero-order chi connectivity index (χ0) is 16.2. The van der Waals surface area contributed by atoms with Gasteiger partial charge in [0.2, 0.25) is 0 Å². The average Bonchev–Trinajstić information content (AvgIpc) is 2.62. The highest BCUT2D eigenvalue weighted by Gasteiger charge is 2.06. The van der Waals surface area contributed by atoms with Crippen LogP contribution < -0.4 is 9.80 Å². The summed E-state index contributed by atoms with van der Waals surface area (Å²) in [6.45, 7) is 0. The van der Waals surface area contributed by atoms with Crippen molar-refractivity contribution in [1.82, 2.24) is 0 Å². The number of para-hydroxylation sites is 1. The summed E-state index contributed by atoms with van der Waals surface area (Å²) < 4.78 is 0. The monoisotopic (exact) mass is 304 g/mol. The lowest BCUT2D eigenvalue weighted by Crippen LogP contribution is -2.11. The highest BCUT2D eigenvalue weighted by Crippen LogP contribution is 2.29. The van der Waals surface area contributed by atoms with Crippen molar-refractivity contribution >= 4 is 22.7 Å². The Balaban J connectivity index is 1.80. The molecule has 0 amide bonds. The second-order valence-corrected chi connectivity index (χ2v) is 5.49. The molecule has 23 heavy (non-hydrogen) atoms. The Bertz CT molecular complexity index is 752. The van der Waals surface area contributed by atoms with E-state index in [1.54, 1.807) is 12.1 Å². The molecule has 0 spiro atoms. The predicted molar refractivity (Wildman–Crippen MR) is 97.1 cm³/mol. The smallest absolute Gasteiger partial charge is 0.115 e. The van der Waals surface area contributed by atoms with Crippen molar-refractivity contribution in [3.8, 4) is 5.75 Å². The van der Waals surface area contributed by atoms with Crippen LogP contribution in [0.15, 0.2) is 78.9 Å².